The highest BCUT2D eigenvalue weighted by Crippen LogP contribution is 2.27. The van der Waals surface area contributed by atoms with E-state index in [2.05, 4.69) is 10.6 Å². The summed E-state index contributed by atoms with van der Waals surface area (Å²) in [5.41, 5.74) is 1.56. The fraction of sp³-hybridized carbons (Fsp3) is 0.160. The molecule has 3 aromatic carbocycles. The maximum Gasteiger partial charge on any atom is 0.326 e. The van der Waals surface area contributed by atoms with Crippen LogP contribution < -0.4 is 15.4 Å². The lowest BCUT2D eigenvalue weighted by Crippen LogP contribution is -2.34. The van der Waals surface area contributed by atoms with Gasteiger partial charge in [0.15, 0.2) is 0 Å². The second-order valence-corrected chi connectivity index (χ2v) is 7.14. The number of carbonyl (C=O) groups is 3. The molecule has 33 heavy (non-hydrogen) atoms. The van der Waals surface area contributed by atoms with Gasteiger partial charge in [-0.1, -0.05) is 48.5 Å². The topological polar surface area (TPSA) is 93.7 Å². The second-order valence-electron chi connectivity index (χ2n) is 7.14. The zero-order valence-corrected chi connectivity index (χ0v) is 18.1. The van der Waals surface area contributed by atoms with Crippen molar-refractivity contribution in [1.29, 1.82) is 0 Å². The first-order valence-electron chi connectivity index (χ1n) is 10.1. The number of amides is 2. The molecular formula is C25H23FN2O5. The summed E-state index contributed by atoms with van der Waals surface area (Å²) in [7, 11) is 1.48. The normalized spacial score (nSPS) is 11.2. The van der Waals surface area contributed by atoms with Crippen molar-refractivity contribution in [2.45, 2.75) is 13.0 Å². The predicted molar refractivity (Wildman–Crippen MR) is 120 cm³/mol. The Morgan fingerprint density at radius 1 is 0.970 bits per heavy atom. The van der Waals surface area contributed by atoms with Crippen LogP contribution in [0.3, 0.4) is 0 Å². The number of ether oxygens (including phenoxy) is 2. The third-order valence-corrected chi connectivity index (χ3v) is 4.71. The van der Waals surface area contributed by atoms with E-state index in [4.69, 9.17) is 9.47 Å². The monoisotopic (exact) mass is 450 g/mol. The Morgan fingerprint density at radius 3 is 2.36 bits per heavy atom. The molecular weight excluding hydrogens is 427 g/mol. The second kappa shape index (κ2) is 10.9. The number of hydrogen-bond acceptors (Lipinski definition) is 5. The third kappa shape index (κ3) is 6.16. The van der Waals surface area contributed by atoms with Crippen LogP contribution in [0.1, 0.15) is 27.6 Å². The average Bonchev–Trinajstić information content (AvgIpc) is 2.82. The molecule has 0 spiro atoms. The molecule has 0 aliphatic carbocycles. The van der Waals surface area contributed by atoms with Gasteiger partial charge in [0.1, 0.15) is 18.1 Å². The molecule has 0 aliphatic heterocycles. The summed E-state index contributed by atoms with van der Waals surface area (Å²) in [6.45, 7) is 1.32. The van der Waals surface area contributed by atoms with Crippen LogP contribution in [0.5, 0.6) is 5.75 Å². The van der Waals surface area contributed by atoms with E-state index in [9.17, 15) is 18.8 Å². The molecule has 0 radical (unpaired) electrons. The summed E-state index contributed by atoms with van der Waals surface area (Å²) in [6.07, 6.45) is -1.28. The Balaban J connectivity index is 1.73. The Hall–Kier alpha value is -4.20. The van der Waals surface area contributed by atoms with Crippen LogP contribution in [0.15, 0.2) is 72.8 Å². The molecule has 1 atom stereocenters. The first kappa shape index (κ1) is 23.5. The molecule has 0 bridgehead atoms. The van der Waals surface area contributed by atoms with E-state index < -0.39 is 36.2 Å². The number of carbonyl (C=O) groups excluding carboxylic acids is 3. The van der Waals surface area contributed by atoms with Crippen molar-refractivity contribution in [3.8, 4) is 5.75 Å². The van der Waals surface area contributed by atoms with Gasteiger partial charge in [-0.3, -0.25) is 14.4 Å². The zero-order chi connectivity index (χ0) is 23.8. The molecule has 3 rings (SSSR count). The minimum atomic E-state index is -1.28. The van der Waals surface area contributed by atoms with E-state index in [1.54, 1.807) is 42.5 Å². The molecule has 3 aromatic rings. The van der Waals surface area contributed by atoms with E-state index in [0.29, 0.717) is 17.0 Å². The van der Waals surface area contributed by atoms with E-state index in [-0.39, 0.29) is 5.56 Å². The lowest BCUT2D eigenvalue weighted by molar-refractivity contribution is -0.153. The van der Waals surface area contributed by atoms with Gasteiger partial charge in [0, 0.05) is 5.56 Å². The minimum absolute atomic E-state index is 0.200. The highest BCUT2D eigenvalue weighted by atomic mass is 19.1. The van der Waals surface area contributed by atoms with Crippen molar-refractivity contribution in [3.05, 3.63) is 95.3 Å². The van der Waals surface area contributed by atoms with Crippen molar-refractivity contribution in [2.24, 2.45) is 0 Å². The van der Waals surface area contributed by atoms with Crippen molar-refractivity contribution in [1.82, 2.24) is 5.32 Å². The van der Waals surface area contributed by atoms with Crippen molar-refractivity contribution >= 4 is 23.5 Å². The highest BCUT2D eigenvalue weighted by Gasteiger charge is 2.26. The first-order chi connectivity index (χ1) is 15.9. The molecule has 0 aromatic heterocycles. The first-order valence-corrected chi connectivity index (χ1v) is 10.1. The molecule has 2 amide bonds. The zero-order valence-electron chi connectivity index (χ0n) is 18.1. The van der Waals surface area contributed by atoms with E-state index >= 15 is 0 Å². The molecule has 1 unspecified atom stereocenters. The minimum Gasteiger partial charge on any atom is -0.495 e. The summed E-state index contributed by atoms with van der Waals surface area (Å²) in [5.74, 6) is -2.49. The lowest BCUT2D eigenvalue weighted by Gasteiger charge is -2.19. The average molecular weight is 450 g/mol. The van der Waals surface area contributed by atoms with E-state index in [1.807, 2.05) is 13.0 Å². The number of methoxy groups -OCH3 is 1. The van der Waals surface area contributed by atoms with Gasteiger partial charge in [0.2, 0.25) is 6.10 Å². The Labute approximate surface area is 190 Å². The van der Waals surface area contributed by atoms with Crippen molar-refractivity contribution < 1.29 is 28.2 Å². The smallest absolute Gasteiger partial charge is 0.326 e. The number of hydrogen-bond donors (Lipinski definition) is 2. The lowest BCUT2D eigenvalue weighted by atomic mass is 10.1. The van der Waals surface area contributed by atoms with Gasteiger partial charge in [0.25, 0.3) is 11.8 Å². The van der Waals surface area contributed by atoms with Crippen LogP contribution in [0.2, 0.25) is 0 Å². The number of esters is 1. The van der Waals surface area contributed by atoms with Gasteiger partial charge in [0.05, 0.1) is 18.4 Å². The number of rotatable bonds is 8. The van der Waals surface area contributed by atoms with Gasteiger partial charge < -0.3 is 20.1 Å². The maximum absolute atomic E-state index is 13.8. The van der Waals surface area contributed by atoms with Gasteiger partial charge in [-0.2, -0.15) is 0 Å². The van der Waals surface area contributed by atoms with E-state index in [1.165, 1.54) is 25.3 Å². The SMILES string of the molecule is COc1ccc(C)cc1NC(=O)C(OC(=O)CNC(=O)c1ccccc1F)c1ccccc1. The van der Waals surface area contributed by atoms with Crippen LogP contribution in [-0.4, -0.2) is 31.4 Å². The fourth-order valence-electron chi connectivity index (χ4n) is 3.08. The number of anilines is 1. The van der Waals surface area contributed by atoms with Crippen LogP contribution in [0.4, 0.5) is 10.1 Å². The van der Waals surface area contributed by atoms with Gasteiger partial charge >= 0.3 is 5.97 Å². The van der Waals surface area contributed by atoms with Gasteiger partial charge in [-0.25, -0.2) is 4.39 Å². The molecule has 0 fully saturated rings. The summed E-state index contributed by atoms with van der Waals surface area (Å²) in [6, 6.07) is 19.1. The standard InChI is InChI=1S/C25H23FN2O5/c1-16-12-13-21(32-2)20(14-16)28-25(31)23(17-8-4-3-5-9-17)33-22(29)15-27-24(30)18-10-6-7-11-19(18)26/h3-14,23H,15H2,1-2H3,(H,27,30)(H,28,31). The fourth-order valence-corrected chi connectivity index (χ4v) is 3.08. The Bertz CT molecular complexity index is 1150. The highest BCUT2D eigenvalue weighted by molar-refractivity contribution is 5.98. The quantitative estimate of drug-likeness (QED) is 0.509. The van der Waals surface area contributed by atoms with Crippen molar-refractivity contribution in [3.63, 3.8) is 0 Å². The van der Waals surface area contributed by atoms with Gasteiger partial charge in [-0.15, -0.1) is 0 Å². The number of nitrogens with one attached hydrogen (secondary N) is 2. The van der Waals surface area contributed by atoms with E-state index in [0.717, 1.165) is 11.6 Å². The number of halogens is 1. The largest absolute Gasteiger partial charge is 0.495 e. The number of benzene rings is 3. The molecule has 2 N–H and O–H groups in total. The van der Waals surface area contributed by atoms with Crippen LogP contribution in [0.25, 0.3) is 0 Å². The Morgan fingerprint density at radius 2 is 1.67 bits per heavy atom. The molecule has 8 heteroatoms. The predicted octanol–water partition coefficient (Wildman–Crippen LogP) is 3.80. The van der Waals surface area contributed by atoms with Crippen LogP contribution in [-0.2, 0) is 14.3 Å². The van der Waals surface area contributed by atoms with Crippen molar-refractivity contribution in [2.75, 3.05) is 19.0 Å². The van der Waals surface area contributed by atoms with Gasteiger partial charge in [-0.05, 0) is 36.8 Å². The molecule has 170 valence electrons. The molecule has 7 nitrogen and oxygen atoms in total. The third-order valence-electron chi connectivity index (χ3n) is 4.71. The van der Waals surface area contributed by atoms with Crippen LogP contribution >= 0.6 is 0 Å². The molecule has 0 aliphatic rings. The molecule has 0 saturated carbocycles. The Kier molecular flexibility index (Phi) is 7.75. The molecule has 0 heterocycles. The maximum atomic E-state index is 13.8. The summed E-state index contributed by atoms with van der Waals surface area (Å²) < 4.78 is 24.4. The number of aryl methyl sites for hydroxylation is 1. The molecule has 0 saturated heterocycles. The summed E-state index contributed by atoms with van der Waals surface area (Å²) >= 11 is 0. The van der Waals surface area contributed by atoms with Crippen LogP contribution in [0, 0.1) is 12.7 Å². The summed E-state index contributed by atoms with van der Waals surface area (Å²) in [5, 5.41) is 5.03. The summed E-state index contributed by atoms with van der Waals surface area (Å²) in [4.78, 5) is 37.6.